The summed E-state index contributed by atoms with van der Waals surface area (Å²) >= 11 is 0. The summed E-state index contributed by atoms with van der Waals surface area (Å²) in [5.41, 5.74) is 25.0. The second-order valence-electron chi connectivity index (χ2n) is 23.7. The molecule has 13 rings (SSSR count). The summed E-state index contributed by atoms with van der Waals surface area (Å²) in [4.78, 5) is 2.57. The summed E-state index contributed by atoms with van der Waals surface area (Å²) in [6.45, 7) is 23.4. The first kappa shape index (κ1) is 43.6. The topological polar surface area (TPSA) is 16.4 Å². The van der Waals surface area contributed by atoms with Gasteiger partial charge in [-0.3, -0.25) is 0 Å². The first-order valence-corrected chi connectivity index (χ1v) is 25.6. The molecule has 3 aliphatic rings. The van der Waals surface area contributed by atoms with Crippen molar-refractivity contribution in [2.24, 2.45) is 0 Å². The number of nitrogens with zero attached hydrogens (tertiary/aromatic N) is 1. The highest BCUT2D eigenvalue weighted by molar-refractivity contribution is 6.10. The van der Waals surface area contributed by atoms with E-state index in [4.69, 9.17) is 4.42 Å². The molecule has 0 saturated carbocycles. The molecular weight excluding hydrogens is 859 g/mol. The molecule has 0 bridgehead atoms. The van der Waals surface area contributed by atoms with E-state index in [2.05, 4.69) is 262 Å². The Morgan fingerprint density at radius 2 is 0.944 bits per heavy atom. The smallest absolute Gasteiger partial charge is 0.139 e. The molecule has 0 aliphatic heterocycles. The molecule has 0 N–H and O–H groups in total. The minimum atomic E-state index is -0.545. The maximum absolute atomic E-state index is 7.05. The van der Waals surface area contributed by atoms with E-state index in [9.17, 15) is 0 Å². The molecule has 348 valence electrons. The fourth-order valence-corrected chi connectivity index (χ4v) is 13.2. The molecule has 0 atom stereocenters. The number of benzene rings is 9. The lowest BCUT2D eigenvalue weighted by molar-refractivity contribution is 0.559. The van der Waals surface area contributed by atoms with Gasteiger partial charge >= 0.3 is 0 Å². The zero-order valence-electron chi connectivity index (χ0n) is 42.8. The van der Waals surface area contributed by atoms with E-state index in [-0.39, 0.29) is 21.7 Å². The van der Waals surface area contributed by atoms with Gasteiger partial charge in [-0.1, -0.05) is 209 Å². The van der Waals surface area contributed by atoms with Gasteiger partial charge in [-0.2, -0.15) is 0 Å². The molecule has 0 fully saturated rings. The van der Waals surface area contributed by atoms with E-state index in [0.29, 0.717) is 0 Å². The van der Waals surface area contributed by atoms with Gasteiger partial charge in [0.25, 0.3) is 0 Å². The van der Waals surface area contributed by atoms with Crippen LogP contribution in [-0.2, 0) is 27.1 Å². The third-order valence-electron chi connectivity index (χ3n) is 16.8. The van der Waals surface area contributed by atoms with E-state index < -0.39 is 5.41 Å². The number of hydrogen-bond acceptors (Lipinski definition) is 2. The summed E-state index contributed by atoms with van der Waals surface area (Å²) in [7, 11) is 0. The summed E-state index contributed by atoms with van der Waals surface area (Å²) in [5.74, 6) is 0. The average molecular weight is 920 g/mol. The Balaban J connectivity index is 1.09. The molecule has 1 aromatic heterocycles. The van der Waals surface area contributed by atoms with Gasteiger partial charge in [0.1, 0.15) is 11.2 Å². The SMILES string of the molecule is CC(C)(C)c1cc(C(C)(C)C)c2oc3cc4c(cc3c2c1)-c1c(N(c2cccc(C3(c5ccccc5)c5ccccc5-c5ccccc53)c2)c2ccc3c(c2)C(C)(C)c2ccccc2-3)cccc1C4(C)C. The van der Waals surface area contributed by atoms with Gasteiger partial charge in [0, 0.05) is 44.1 Å². The van der Waals surface area contributed by atoms with Gasteiger partial charge in [-0.05, 0) is 137 Å². The van der Waals surface area contributed by atoms with Crippen molar-refractivity contribution in [3.8, 4) is 33.4 Å². The summed E-state index contributed by atoms with van der Waals surface area (Å²) in [6, 6.07) is 71.6. The Hall–Kier alpha value is -7.42. The molecule has 71 heavy (non-hydrogen) atoms. The van der Waals surface area contributed by atoms with Crippen molar-refractivity contribution < 1.29 is 4.42 Å². The lowest BCUT2D eigenvalue weighted by atomic mass is 9.67. The van der Waals surface area contributed by atoms with Crippen molar-refractivity contribution in [2.75, 3.05) is 4.90 Å². The van der Waals surface area contributed by atoms with Crippen LogP contribution < -0.4 is 4.90 Å². The predicted molar refractivity (Wildman–Crippen MR) is 298 cm³/mol. The highest BCUT2D eigenvalue weighted by Crippen LogP contribution is 2.60. The van der Waals surface area contributed by atoms with Crippen molar-refractivity contribution in [2.45, 2.75) is 96.3 Å². The van der Waals surface area contributed by atoms with Crippen LogP contribution >= 0.6 is 0 Å². The van der Waals surface area contributed by atoms with Gasteiger partial charge in [-0.25, -0.2) is 0 Å². The normalized spacial score (nSPS) is 15.5. The van der Waals surface area contributed by atoms with Crippen LogP contribution in [0.5, 0.6) is 0 Å². The van der Waals surface area contributed by atoms with Gasteiger partial charge in [0.15, 0.2) is 0 Å². The number of rotatable bonds is 5. The zero-order valence-corrected chi connectivity index (χ0v) is 42.8. The Morgan fingerprint density at radius 3 is 1.62 bits per heavy atom. The van der Waals surface area contributed by atoms with Gasteiger partial charge in [0.2, 0.25) is 0 Å². The lowest BCUT2D eigenvalue weighted by Crippen LogP contribution is -2.28. The Morgan fingerprint density at radius 1 is 0.394 bits per heavy atom. The van der Waals surface area contributed by atoms with E-state index in [1.807, 2.05) is 0 Å². The molecule has 2 heteroatoms. The maximum atomic E-state index is 7.05. The molecule has 1 heterocycles. The molecule has 0 saturated heterocycles. The van der Waals surface area contributed by atoms with Crippen molar-refractivity contribution in [1.29, 1.82) is 0 Å². The van der Waals surface area contributed by atoms with Gasteiger partial charge in [0.05, 0.1) is 11.1 Å². The Labute approximate surface area is 419 Å². The fourth-order valence-electron chi connectivity index (χ4n) is 13.2. The Kier molecular flexibility index (Phi) is 9.09. The van der Waals surface area contributed by atoms with Crippen LogP contribution in [0.4, 0.5) is 17.1 Å². The van der Waals surface area contributed by atoms with Crippen molar-refractivity contribution in [3.63, 3.8) is 0 Å². The monoisotopic (exact) mass is 919 g/mol. The molecule has 0 amide bonds. The number of hydrogen-bond donors (Lipinski definition) is 0. The van der Waals surface area contributed by atoms with E-state index >= 15 is 0 Å². The van der Waals surface area contributed by atoms with E-state index in [1.165, 1.54) is 105 Å². The van der Waals surface area contributed by atoms with Gasteiger partial charge < -0.3 is 9.32 Å². The Bertz CT molecular complexity index is 3800. The van der Waals surface area contributed by atoms with Crippen LogP contribution in [0.15, 0.2) is 192 Å². The highest BCUT2D eigenvalue weighted by atomic mass is 16.3. The molecule has 9 aromatic carbocycles. The molecular formula is C69H61NO. The van der Waals surface area contributed by atoms with Crippen LogP contribution in [0.2, 0.25) is 0 Å². The summed E-state index contributed by atoms with van der Waals surface area (Å²) in [6.07, 6.45) is 0. The quantitative estimate of drug-likeness (QED) is 0.171. The van der Waals surface area contributed by atoms with Gasteiger partial charge in [-0.15, -0.1) is 0 Å². The number of furan rings is 1. The van der Waals surface area contributed by atoms with Crippen LogP contribution in [0.25, 0.3) is 55.3 Å². The molecule has 0 spiro atoms. The standard InChI is InChI=1S/C69H61NO/c1-65(2,3)44-37-52-51-40-53-59(41-62(51)71-64(52)60(38-44)66(4,5)6)68(9,10)57-32-21-33-61(63(53)57)70(46-34-35-50-47-26-14-17-29-54(47)67(7,8)58(50)39-46)45-25-20-24-43(36-45)69(42-22-12-11-13-23-42)55-30-18-15-27-48(55)49-28-16-19-31-56(49)69/h11-41H,1-10H3. The largest absolute Gasteiger partial charge is 0.456 e. The van der Waals surface area contributed by atoms with Crippen molar-refractivity contribution in [1.82, 2.24) is 0 Å². The number of anilines is 3. The number of fused-ring (bicyclic) bond motifs is 12. The van der Waals surface area contributed by atoms with Crippen LogP contribution in [0.3, 0.4) is 0 Å². The van der Waals surface area contributed by atoms with Crippen LogP contribution in [0.1, 0.15) is 125 Å². The average Bonchev–Trinajstić information content (AvgIpc) is 4.02. The lowest BCUT2D eigenvalue weighted by Gasteiger charge is -2.35. The minimum Gasteiger partial charge on any atom is -0.456 e. The molecule has 2 nitrogen and oxygen atoms in total. The van der Waals surface area contributed by atoms with Crippen molar-refractivity contribution in [3.05, 3.63) is 244 Å². The molecule has 0 radical (unpaired) electrons. The van der Waals surface area contributed by atoms with Crippen LogP contribution in [-0.4, -0.2) is 0 Å². The minimum absolute atomic E-state index is 0.0289. The maximum Gasteiger partial charge on any atom is 0.139 e. The predicted octanol–water partition coefficient (Wildman–Crippen LogP) is 18.6. The molecule has 0 unspecified atom stereocenters. The second-order valence-corrected chi connectivity index (χ2v) is 23.7. The zero-order chi connectivity index (χ0) is 49.0. The molecule has 3 aliphatic carbocycles. The van der Waals surface area contributed by atoms with Crippen LogP contribution in [0, 0.1) is 0 Å². The summed E-state index contributed by atoms with van der Waals surface area (Å²) < 4.78 is 7.05. The first-order valence-electron chi connectivity index (χ1n) is 25.6. The third-order valence-corrected chi connectivity index (χ3v) is 16.8. The second kappa shape index (κ2) is 14.8. The molecule has 10 aromatic rings. The first-order chi connectivity index (χ1) is 34.0. The van der Waals surface area contributed by atoms with E-state index in [1.54, 1.807) is 0 Å². The third kappa shape index (κ3) is 6.07. The summed E-state index contributed by atoms with van der Waals surface area (Å²) in [5, 5.41) is 2.36. The highest BCUT2D eigenvalue weighted by Gasteiger charge is 2.47. The van der Waals surface area contributed by atoms with E-state index in [0.717, 1.165) is 22.5 Å². The van der Waals surface area contributed by atoms with Crippen molar-refractivity contribution >= 4 is 39.0 Å². The fraction of sp³-hybridized carbons (Fsp3) is 0.217.